The van der Waals surface area contributed by atoms with Crippen LogP contribution in [0.5, 0.6) is 0 Å². The molecule has 0 aromatic carbocycles. The first-order valence-corrected chi connectivity index (χ1v) is 0.707. The Balaban J connectivity index is -0.0000000450. The van der Waals surface area contributed by atoms with E-state index in [2.05, 4.69) is 0 Å². The van der Waals surface area contributed by atoms with Crippen LogP contribution in [0.25, 0.3) is 0 Å². The molecule has 0 aliphatic rings. The van der Waals surface area contributed by atoms with Crippen LogP contribution in [0.3, 0.4) is 0 Å². The molecular formula is BKO3Y+. The molecule has 0 radical (unpaired) electrons. The third-order valence-corrected chi connectivity index (χ3v) is 0. The van der Waals surface area contributed by atoms with Crippen LogP contribution < -0.4 is 66.5 Å². The zero-order chi connectivity index (χ0) is 3.58. The minimum absolute atomic E-state index is 0. The monoisotopic (exact) mass is 187 g/mol. The molecule has 0 saturated carbocycles. The molecular weight excluding hydrogens is 187 g/mol. The van der Waals surface area contributed by atoms with Crippen LogP contribution in [0.1, 0.15) is 0 Å². The van der Waals surface area contributed by atoms with Crippen molar-refractivity contribution in [2.75, 3.05) is 0 Å². The molecule has 0 aromatic heterocycles. The molecule has 0 amide bonds. The van der Waals surface area contributed by atoms with Crippen LogP contribution in [-0.4, -0.2) is 7.32 Å². The van der Waals surface area contributed by atoms with Crippen molar-refractivity contribution >= 4 is 7.32 Å². The summed E-state index contributed by atoms with van der Waals surface area (Å²) in [5.74, 6) is 0. The molecule has 0 aromatic rings. The van der Waals surface area contributed by atoms with Gasteiger partial charge in [0.05, 0.1) is 0 Å². The molecule has 0 heterocycles. The maximum atomic E-state index is 8.42. The second kappa shape index (κ2) is 10.6. The van der Waals surface area contributed by atoms with Gasteiger partial charge in [-0.05, 0) is 0 Å². The number of hydrogen-bond donors (Lipinski definition) is 0. The Morgan fingerprint density at radius 1 is 1.00 bits per heavy atom. The zero-order valence-electron chi connectivity index (χ0n) is 3.38. The van der Waals surface area contributed by atoms with Gasteiger partial charge in [0.2, 0.25) is 0 Å². The van der Waals surface area contributed by atoms with Gasteiger partial charge >= 0.3 is 84.1 Å². The van der Waals surface area contributed by atoms with Crippen molar-refractivity contribution in [2.24, 2.45) is 0 Å². The van der Waals surface area contributed by atoms with Gasteiger partial charge < -0.3 is 15.1 Å². The topological polar surface area (TPSA) is 69.2 Å². The normalized spacial score (nSPS) is 4.50. The third-order valence-electron chi connectivity index (χ3n) is 0. The van der Waals surface area contributed by atoms with Crippen molar-refractivity contribution in [3.05, 3.63) is 0 Å². The van der Waals surface area contributed by atoms with Gasteiger partial charge in [0.25, 0.3) is 0 Å². The van der Waals surface area contributed by atoms with E-state index < -0.39 is 7.32 Å². The maximum absolute atomic E-state index is 8.42. The molecule has 6 heteroatoms. The SMILES string of the molecule is [K+].[O-]B([O-])[O-].[Y+3]. The van der Waals surface area contributed by atoms with Crippen LogP contribution in [0, 0.1) is 0 Å². The summed E-state index contributed by atoms with van der Waals surface area (Å²) in [5.41, 5.74) is 0. The predicted molar refractivity (Wildman–Crippen MR) is 5.75 cm³/mol. The summed E-state index contributed by atoms with van der Waals surface area (Å²) in [6, 6.07) is 0. The average Bonchev–Trinajstić information content (AvgIpc) is 0.811. The first kappa shape index (κ1) is 15.9. The summed E-state index contributed by atoms with van der Waals surface area (Å²) < 4.78 is 0. The Morgan fingerprint density at radius 3 is 1.00 bits per heavy atom. The Morgan fingerprint density at radius 2 is 1.00 bits per heavy atom. The molecule has 3 nitrogen and oxygen atoms in total. The molecule has 24 valence electrons. The Bertz CT molecular complexity index is 15.5. The van der Waals surface area contributed by atoms with Gasteiger partial charge in [-0.3, -0.25) is 7.32 Å². The van der Waals surface area contributed by atoms with E-state index in [1.807, 2.05) is 0 Å². The minimum atomic E-state index is -2.92. The van der Waals surface area contributed by atoms with Gasteiger partial charge in [0, 0.05) is 0 Å². The summed E-state index contributed by atoms with van der Waals surface area (Å²) in [6.45, 7) is 0. The summed E-state index contributed by atoms with van der Waals surface area (Å²) in [6.07, 6.45) is 0. The summed E-state index contributed by atoms with van der Waals surface area (Å²) >= 11 is 0. The van der Waals surface area contributed by atoms with Gasteiger partial charge in [0.1, 0.15) is 0 Å². The molecule has 0 rings (SSSR count). The van der Waals surface area contributed by atoms with Gasteiger partial charge in [0.15, 0.2) is 0 Å². The molecule has 0 aliphatic heterocycles. The molecule has 0 saturated heterocycles. The standard InChI is InChI=1S/BO3.K.Y/c2-1(3)4;;/q-3;+1;+3. The van der Waals surface area contributed by atoms with Crippen LogP contribution in [0.2, 0.25) is 0 Å². The van der Waals surface area contributed by atoms with Crippen molar-refractivity contribution < 1.29 is 99.2 Å². The quantitative estimate of drug-likeness (QED) is 0.354. The van der Waals surface area contributed by atoms with Gasteiger partial charge in [-0.2, -0.15) is 0 Å². The van der Waals surface area contributed by atoms with Crippen molar-refractivity contribution in [3.63, 3.8) is 0 Å². The molecule has 0 aliphatic carbocycles. The van der Waals surface area contributed by atoms with Gasteiger partial charge in [-0.15, -0.1) is 0 Å². The van der Waals surface area contributed by atoms with E-state index in [0.29, 0.717) is 0 Å². The van der Waals surface area contributed by atoms with E-state index in [1.165, 1.54) is 0 Å². The second-order valence-corrected chi connectivity index (χ2v) is 0.289. The smallest absolute Gasteiger partial charge is 0.907 e. The molecule has 0 unspecified atom stereocenters. The summed E-state index contributed by atoms with van der Waals surface area (Å²) in [5, 5.41) is 25.2. The molecule has 0 bridgehead atoms. The number of hydrogen-bond acceptors (Lipinski definition) is 3. The van der Waals surface area contributed by atoms with Crippen molar-refractivity contribution in [1.29, 1.82) is 0 Å². The van der Waals surface area contributed by atoms with E-state index in [9.17, 15) is 0 Å². The zero-order valence-corrected chi connectivity index (χ0v) is 9.34. The van der Waals surface area contributed by atoms with Crippen molar-refractivity contribution in [2.45, 2.75) is 0 Å². The maximum Gasteiger partial charge on any atom is 3.00 e. The summed E-state index contributed by atoms with van der Waals surface area (Å²) in [4.78, 5) is 0. The van der Waals surface area contributed by atoms with Crippen LogP contribution in [0.4, 0.5) is 0 Å². The Hall–Kier alpha value is 2.69. The molecule has 6 heavy (non-hydrogen) atoms. The fourth-order valence-electron chi connectivity index (χ4n) is 0. The van der Waals surface area contributed by atoms with Crippen molar-refractivity contribution in [3.8, 4) is 0 Å². The first-order chi connectivity index (χ1) is 1.73. The first-order valence-electron chi connectivity index (χ1n) is 0.707. The van der Waals surface area contributed by atoms with E-state index in [-0.39, 0.29) is 84.1 Å². The van der Waals surface area contributed by atoms with Crippen molar-refractivity contribution in [1.82, 2.24) is 0 Å². The van der Waals surface area contributed by atoms with E-state index in [0.717, 1.165) is 0 Å². The predicted octanol–water partition coefficient (Wildman–Crippen LogP) is -6.95. The summed E-state index contributed by atoms with van der Waals surface area (Å²) in [7, 11) is -2.92. The average molecular weight is 187 g/mol. The largest absolute Gasteiger partial charge is 3.00 e. The Labute approximate surface area is 104 Å². The van der Waals surface area contributed by atoms with Crippen LogP contribution in [0.15, 0.2) is 0 Å². The van der Waals surface area contributed by atoms with E-state index >= 15 is 0 Å². The van der Waals surface area contributed by atoms with Gasteiger partial charge in [-0.1, -0.05) is 0 Å². The Kier molecular flexibility index (Phi) is 28.1. The van der Waals surface area contributed by atoms with Gasteiger partial charge in [-0.25, -0.2) is 0 Å². The number of rotatable bonds is 0. The van der Waals surface area contributed by atoms with Crippen LogP contribution in [-0.2, 0) is 32.7 Å². The third kappa shape index (κ3) is 30.0. The minimum Gasteiger partial charge on any atom is -0.907 e. The molecule has 0 spiro atoms. The fraction of sp³-hybridized carbons (Fsp3) is 0. The van der Waals surface area contributed by atoms with E-state index in [4.69, 9.17) is 15.1 Å². The molecule has 0 atom stereocenters. The van der Waals surface area contributed by atoms with E-state index in [1.54, 1.807) is 0 Å². The molecule has 0 N–H and O–H groups in total. The molecule has 0 fully saturated rings. The van der Waals surface area contributed by atoms with Crippen LogP contribution >= 0.6 is 0 Å². The fourth-order valence-corrected chi connectivity index (χ4v) is 0. The second-order valence-electron chi connectivity index (χ2n) is 0.289.